The number of halogens is 1. The first-order chi connectivity index (χ1) is 9.11. The SMILES string of the molecule is Cc1ccc(C)c(CC(CO)c2ccccc2Br)c1. The largest absolute Gasteiger partial charge is 0.396 e. The molecule has 0 heterocycles. The molecular formula is C17H19BrO. The Kier molecular flexibility index (Phi) is 4.78. The predicted octanol–water partition coefficient (Wildman–Crippen LogP) is 4.38. The van der Waals surface area contributed by atoms with Crippen molar-refractivity contribution in [1.29, 1.82) is 0 Å². The van der Waals surface area contributed by atoms with Crippen LogP contribution in [0.25, 0.3) is 0 Å². The van der Waals surface area contributed by atoms with E-state index in [0.717, 1.165) is 10.9 Å². The minimum absolute atomic E-state index is 0.135. The lowest BCUT2D eigenvalue weighted by molar-refractivity contribution is 0.264. The summed E-state index contributed by atoms with van der Waals surface area (Å²) in [5.41, 5.74) is 5.04. The van der Waals surface area contributed by atoms with E-state index >= 15 is 0 Å². The molecule has 2 aromatic rings. The average Bonchev–Trinajstić information content (AvgIpc) is 2.41. The van der Waals surface area contributed by atoms with E-state index in [1.54, 1.807) is 0 Å². The summed E-state index contributed by atoms with van der Waals surface area (Å²) in [6.45, 7) is 4.40. The summed E-state index contributed by atoms with van der Waals surface area (Å²) < 4.78 is 1.07. The molecule has 0 aliphatic carbocycles. The molecule has 19 heavy (non-hydrogen) atoms. The van der Waals surface area contributed by atoms with Crippen molar-refractivity contribution in [3.05, 3.63) is 69.2 Å². The van der Waals surface area contributed by atoms with E-state index in [2.05, 4.69) is 54.0 Å². The lowest BCUT2D eigenvalue weighted by atomic mass is 9.90. The average molecular weight is 319 g/mol. The Labute approximate surface area is 123 Å². The van der Waals surface area contributed by atoms with Gasteiger partial charge < -0.3 is 5.11 Å². The summed E-state index contributed by atoms with van der Waals surface area (Å²) in [6.07, 6.45) is 0.868. The first-order valence-electron chi connectivity index (χ1n) is 6.53. The van der Waals surface area contributed by atoms with Gasteiger partial charge in [-0.05, 0) is 43.0 Å². The van der Waals surface area contributed by atoms with Gasteiger partial charge in [-0.3, -0.25) is 0 Å². The quantitative estimate of drug-likeness (QED) is 0.886. The zero-order chi connectivity index (χ0) is 13.8. The van der Waals surface area contributed by atoms with Crippen LogP contribution < -0.4 is 0 Å². The molecule has 1 N–H and O–H groups in total. The standard InChI is InChI=1S/C17H19BrO/c1-12-7-8-13(2)14(9-12)10-15(11-19)16-5-3-4-6-17(16)18/h3-9,15,19H,10-11H2,1-2H3. The fraction of sp³-hybridized carbons (Fsp3) is 0.294. The topological polar surface area (TPSA) is 20.2 Å². The van der Waals surface area contributed by atoms with E-state index in [-0.39, 0.29) is 12.5 Å². The second kappa shape index (κ2) is 6.36. The molecule has 2 heteroatoms. The smallest absolute Gasteiger partial charge is 0.0503 e. The van der Waals surface area contributed by atoms with E-state index in [1.165, 1.54) is 22.3 Å². The Morgan fingerprint density at radius 2 is 1.84 bits per heavy atom. The highest BCUT2D eigenvalue weighted by atomic mass is 79.9. The van der Waals surface area contributed by atoms with Crippen molar-refractivity contribution in [3.63, 3.8) is 0 Å². The molecule has 0 amide bonds. The van der Waals surface area contributed by atoms with E-state index < -0.39 is 0 Å². The molecule has 2 aromatic carbocycles. The van der Waals surface area contributed by atoms with Crippen LogP contribution in [-0.4, -0.2) is 11.7 Å². The second-order valence-electron chi connectivity index (χ2n) is 5.04. The van der Waals surface area contributed by atoms with Crippen molar-refractivity contribution in [2.45, 2.75) is 26.2 Å². The summed E-state index contributed by atoms with van der Waals surface area (Å²) in [7, 11) is 0. The molecule has 1 unspecified atom stereocenters. The Bertz CT molecular complexity index is 563. The van der Waals surface area contributed by atoms with Crippen LogP contribution in [0.2, 0.25) is 0 Å². The summed E-state index contributed by atoms with van der Waals surface area (Å²) in [6, 6.07) is 14.6. The van der Waals surface area contributed by atoms with Crippen molar-refractivity contribution in [3.8, 4) is 0 Å². The summed E-state index contributed by atoms with van der Waals surface area (Å²) in [5.74, 6) is 0.135. The van der Waals surface area contributed by atoms with Crippen molar-refractivity contribution in [1.82, 2.24) is 0 Å². The fourth-order valence-electron chi connectivity index (χ4n) is 2.36. The van der Waals surface area contributed by atoms with E-state index in [0.29, 0.717) is 0 Å². The zero-order valence-electron chi connectivity index (χ0n) is 11.4. The van der Waals surface area contributed by atoms with Gasteiger partial charge in [0.2, 0.25) is 0 Å². The van der Waals surface area contributed by atoms with E-state index in [1.807, 2.05) is 18.2 Å². The molecule has 2 rings (SSSR count). The molecule has 0 aliphatic rings. The van der Waals surface area contributed by atoms with Gasteiger partial charge in [-0.15, -0.1) is 0 Å². The third-order valence-electron chi connectivity index (χ3n) is 3.54. The van der Waals surface area contributed by atoms with Crippen LogP contribution in [0.4, 0.5) is 0 Å². The lowest BCUT2D eigenvalue weighted by Gasteiger charge is -2.18. The molecule has 0 spiro atoms. The van der Waals surface area contributed by atoms with Gasteiger partial charge in [-0.1, -0.05) is 57.9 Å². The number of hydrogen-bond donors (Lipinski definition) is 1. The van der Waals surface area contributed by atoms with Gasteiger partial charge >= 0.3 is 0 Å². The van der Waals surface area contributed by atoms with Gasteiger partial charge in [0.25, 0.3) is 0 Å². The zero-order valence-corrected chi connectivity index (χ0v) is 12.9. The first kappa shape index (κ1) is 14.3. The highest BCUT2D eigenvalue weighted by Crippen LogP contribution is 2.28. The Morgan fingerprint density at radius 1 is 1.11 bits per heavy atom. The molecule has 0 aliphatic heterocycles. The summed E-state index contributed by atoms with van der Waals surface area (Å²) >= 11 is 3.57. The minimum atomic E-state index is 0.135. The second-order valence-corrected chi connectivity index (χ2v) is 5.89. The number of hydrogen-bond acceptors (Lipinski definition) is 1. The molecule has 0 bridgehead atoms. The first-order valence-corrected chi connectivity index (χ1v) is 7.32. The van der Waals surface area contributed by atoms with E-state index in [9.17, 15) is 5.11 Å². The third-order valence-corrected chi connectivity index (χ3v) is 4.26. The van der Waals surface area contributed by atoms with Crippen LogP contribution in [0.1, 0.15) is 28.2 Å². The van der Waals surface area contributed by atoms with Gasteiger partial charge in [0, 0.05) is 10.4 Å². The van der Waals surface area contributed by atoms with Crippen molar-refractivity contribution < 1.29 is 5.11 Å². The third kappa shape index (κ3) is 3.46. The van der Waals surface area contributed by atoms with Crippen LogP contribution >= 0.6 is 15.9 Å². The molecule has 0 fully saturated rings. The fourth-order valence-corrected chi connectivity index (χ4v) is 2.97. The highest BCUT2D eigenvalue weighted by molar-refractivity contribution is 9.10. The van der Waals surface area contributed by atoms with Crippen LogP contribution in [0.15, 0.2) is 46.9 Å². The minimum Gasteiger partial charge on any atom is -0.396 e. The maximum Gasteiger partial charge on any atom is 0.0503 e. The molecular weight excluding hydrogens is 300 g/mol. The van der Waals surface area contributed by atoms with Gasteiger partial charge in [0.1, 0.15) is 0 Å². The maximum atomic E-state index is 9.70. The van der Waals surface area contributed by atoms with Gasteiger partial charge in [-0.25, -0.2) is 0 Å². The van der Waals surface area contributed by atoms with E-state index in [4.69, 9.17) is 0 Å². The molecule has 0 saturated heterocycles. The van der Waals surface area contributed by atoms with Crippen LogP contribution in [0.3, 0.4) is 0 Å². The summed E-state index contributed by atoms with van der Waals surface area (Å²) in [5, 5.41) is 9.70. The Balaban J connectivity index is 2.29. The molecule has 1 atom stereocenters. The van der Waals surface area contributed by atoms with Crippen molar-refractivity contribution in [2.24, 2.45) is 0 Å². The Hall–Kier alpha value is -1.12. The van der Waals surface area contributed by atoms with Gasteiger partial charge in [-0.2, -0.15) is 0 Å². The number of benzene rings is 2. The van der Waals surface area contributed by atoms with Crippen LogP contribution in [0.5, 0.6) is 0 Å². The molecule has 100 valence electrons. The molecule has 0 saturated carbocycles. The monoisotopic (exact) mass is 318 g/mol. The normalized spacial score (nSPS) is 12.4. The van der Waals surface area contributed by atoms with Gasteiger partial charge in [0.05, 0.1) is 6.61 Å². The predicted molar refractivity (Wildman–Crippen MR) is 83.6 cm³/mol. The van der Waals surface area contributed by atoms with Crippen LogP contribution in [-0.2, 0) is 6.42 Å². The number of aliphatic hydroxyl groups excluding tert-OH is 1. The molecule has 1 nitrogen and oxygen atoms in total. The summed E-state index contributed by atoms with van der Waals surface area (Å²) in [4.78, 5) is 0. The van der Waals surface area contributed by atoms with Crippen molar-refractivity contribution >= 4 is 15.9 Å². The van der Waals surface area contributed by atoms with Crippen molar-refractivity contribution in [2.75, 3.05) is 6.61 Å². The molecule has 0 radical (unpaired) electrons. The number of aryl methyl sites for hydroxylation is 2. The number of aliphatic hydroxyl groups is 1. The lowest BCUT2D eigenvalue weighted by Crippen LogP contribution is -2.09. The highest BCUT2D eigenvalue weighted by Gasteiger charge is 2.15. The maximum absolute atomic E-state index is 9.70. The number of rotatable bonds is 4. The Morgan fingerprint density at radius 3 is 2.53 bits per heavy atom. The van der Waals surface area contributed by atoms with Gasteiger partial charge in [0.15, 0.2) is 0 Å². The van der Waals surface area contributed by atoms with Crippen LogP contribution in [0, 0.1) is 13.8 Å². The molecule has 0 aromatic heterocycles.